The Hall–Kier alpha value is -2.43. The van der Waals surface area contributed by atoms with E-state index in [1.54, 1.807) is 6.08 Å². The molecule has 1 aromatic heterocycles. The number of aromatic nitrogens is 3. The highest BCUT2D eigenvalue weighted by atomic mass is 16.1. The lowest BCUT2D eigenvalue weighted by molar-refractivity contribution is -0.116. The molecule has 2 rings (SSSR count). The molecule has 0 aliphatic carbocycles. The number of hydrogen-bond acceptors (Lipinski definition) is 3. The first kappa shape index (κ1) is 14.0. The topological polar surface area (TPSA) is 70.7 Å². The van der Waals surface area contributed by atoms with Crippen LogP contribution in [0.4, 0.5) is 0 Å². The highest BCUT2D eigenvalue weighted by molar-refractivity contribution is 5.91. The van der Waals surface area contributed by atoms with E-state index >= 15 is 0 Å². The largest absolute Gasteiger partial charge is 0.353 e. The summed E-state index contributed by atoms with van der Waals surface area (Å²) >= 11 is 0. The number of amides is 1. The van der Waals surface area contributed by atoms with Gasteiger partial charge in [0.05, 0.1) is 0 Å². The highest BCUT2D eigenvalue weighted by Gasteiger charge is 1.98. The lowest BCUT2D eigenvalue weighted by Crippen LogP contribution is -2.22. The molecule has 0 fully saturated rings. The number of carbonyl (C=O) groups excluding carboxylic acids is 1. The summed E-state index contributed by atoms with van der Waals surface area (Å²) in [6.07, 6.45) is 6.50. The summed E-state index contributed by atoms with van der Waals surface area (Å²) in [6, 6.07) is 7.95. The van der Waals surface area contributed by atoms with Crippen LogP contribution < -0.4 is 5.32 Å². The van der Waals surface area contributed by atoms with Gasteiger partial charge in [-0.15, -0.1) is 0 Å². The predicted molar refractivity (Wildman–Crippen MR) is 77.9 cm³/mol. The van der Waals surface area contributed by atoms with Crippen LogP contribution in [0, 0.1) is 6.92 Å². The summed E-state index contributed by atoms with van der Waals surface area (Å²) in [7, 11) is 0. The number of benzene rings is 1. The van der Waals surface area contributed by atoms with Crippen molar-refractivity contribution in [3.05, 3.63) is 53.6 Å². The average molecular weight is 270 g/mol. The monoisotopic (exact) mass is 270 g/mol. The minimum atomic E-state index is -0.0779. The van der Waals surface area contributed by atoms with Gasteiger partial charge in [-0.1, -0.05) is 24.3 Å². The van der Waals surface area contributed by atoms with Gasteiger partial charge in [-0.3, -0.25) is 9.89 Å². The van der Waals surface area contributed by atoms with E-state index in [4.69, 9.17) is 0 Å². The van der Waals surface area contributed by atoms with Gasteiger partial charge in [0, 0.05) is 19.0 Å². The molecule has 1 heterocycles. The van der Waals surface area contributed by atoms with Gasteiger partial charge in [0.1, 0.15) is 12.2 Å². The zero-order chi connectivity index (χ0) is 14.2. The first-order chi connectivity index (χ1) is 9.75. The van der Waals surface area contributed by atoms with Crippen LogP contribution in [0.25, 0.3) is 6.08 Å². The quantitative estimate of drug-likeness (QED) is 0.622. The van der Waals surface area contributed by atoms with Gasteiger partial charge in [-0.05, 0) is 30.5 Å². The zero-order valence-corrected chi connectivity index (χ0v) is 11.5. The molecule has 104 valence electrons. The Morgan fingerprint density at radius 3 is 3.00 bits per heavy atom. The van der Waals surface area contributed by atoms with Crippen LogP contribution in [0.3, 0.4) is 0 Å². The first-order valence-electron chi connectivity index (χ1n) is 6.61. The smallest absolute Gasteiger partial charge is 0.243 e. The second kappa shape index (κ2) is 7.23. The van der Waals surface area contributed by atoms with Crippen LogP contribution in [0.15, 0.2) is 36.7 Å². The molecule has 0 aliphatic heterocycles. The standard InChI is InChI=1S/C15H18N4O/c1-12-5-2-3-6-13(12)8-9-15(20)16-10-4-7-14-17-11-18-19-14/h2-3,5-6,8-9,11H,4,7,10H2,1H3,(H,16,20)(H,17,18,19). The molecule has 2 aromatic rings. The van der Waals surface area contributed by atoms with Gasteiger partial charge < -0.3 is 5.32 Å². The van der Waals surface area contributed by atoms with Crippen molar-refractivity contribution in [2.75, 3.05) is 6.54 Å². The van der Waals surface area contributed by atoms with Crippen molar-refractivity contribution in [2.24, 2.45) is 0 Å². The minimum Gasteiger partial charge on any atom is -0.353 e. The van der Waals surface area contributed by atoms with Crippen LogP contribution in [0.5, 0.6) is 0 Å². The molecular weight excluding hydrogens is 252 g/mol. The van der Waals surface area contributed by atoms with Crippen molar-refractivity contribution in [1.29, 1.82) is 0 Å². The van der Waals surface area contributed by atoms with E-state index in [0.29, 0.717) is 6.54 Å². The summed E-state index contributed by atoms with van der Waals surface area (Å²) in [5.41, 5.74) is 2.21. The molecule has 0 unspecified atom stereocenters. The van der Waals surface area contributed by atoms with Crippen molar-refractivity contribution < 1.29 is 4.79 Å². The Kier molecular flexibility index (Phi) is 5.06. The third-order valence-corrected chi connectivity index (χ3v) is 2.96. The molecule has 0 atom stereocenters. The highest BCUT2D eigenvalue weighted by Crippen LogP contribution is 2.08. The van der Waals surface area contributed by atoms with E-state index in [1.807, 2.05) is 37.3 Å². The summed E-state index contributed by atoms with van der Waals surface area (Å²) in [6.45, 7) is 2.65. The molecule has 0 bridgehead atoms. The Morgan fingerprint density at radius 2 is 2.25 bits per heavy atom. The fraction of sp³-hybridized carbons (Fsp3) is 0.267. The maximum absolute atomic E-state index is 11.7. The van der Waals surface area contributed by atoms with Gasteiger partial charge in [0.15, 0.2) is 0 Å². The maximum Gasteiger partial charge on any atom is 0.243 e. The Balaban J connectivity index is 1.71. The zero-order valence-electron chi connectivity index (χ0n) is 11.5. The number of aryl methyl sites for hydroxylation is 2. The number of carbonyl (C=O) groups is 1. The van der Waals surface area contributed by atoms with Gasteiger partial charge >= 0.3 is 0 Å². The summed E-state index contributed by atoms with van der Waals surface area (Å²) in [4.78, 5) is 15.7. The van der Waals surface area contributed by atoms with Crippen molar-refractivity contribution >= 4 is 12.0 Å². The van der Waals surface area contributed by atoms with E-state index in [-0.39, 0.29) is 5.91 Å². The Labute approximate surface area is 118 Å². The fourth-order valence-electron chi connectivity index (χ4n) is 1.82. The SMILES string of the molecule is Cc1ccccc1C=CC(=O)NCCCc1ncn[nH]1. The minimum absolute atomic E-state index is 0.0779. The van der Waals surface area contributed by atoms with E-state index in [2.05, 4.69) is 20.5 Å². The van der Waals surface area contributed by atoms with E-state index < -0.39 is 0 Å². The van der Waals surface area contributed by atoms with Crippen LogP contribution in [-0.2, 0) is 11.2 Å². The van der Waals surface area contributed by atoms with Gasteiger partial charge in [0.2, 0.25) is 5.91 Å². The number of rotatable bonds is 6. The molecule has 1 amide bonds. The lowest BCUT2D eigenvalue weighted by atomic mass is 10.1. The van der Waals surface area contributed by atoms with Crippen LogP contribution in [-0.4, -0.2) is 27.6 Å². The molecule has 5 nitrogen and oxygen atoms in total. The molecule has 0 saturated carbocycles. The Bertz CT molecular complexity index is 575. The Morgan fingerprint density at radius 1 is 1.40 bits per heavy atom. The van der Waals surface area contributed by atoms with Crippen molar-refractivity contribution in [2.45, 2.75) is 19.8 Å². The van der Waals surface area contributed by atoms with E-state index in [1.165, 1.54) is 6.33 Å². The summed E-state index contributed by atoms with van der Waals surface area (Å²) in [5, 5.41) is 9.41. The van der Waals surface area contributed by atoms with Gasteiger partial charge in [-0.2, -0.15) is 5.10 Å². The number of H-pyrrole nitrogens is 1. The third-order valence-electron chi connectivity index (χ3n) is 2.96. The second-order valence-corrected chi connectivity index (χ2v) is 4.52. The van der Waals surface area contributed by atoms with E-state index in [9.17, 15) is 4.79 Å². The molecule has 20 heavy (non-hydrogen) atoms. The molecule has 0 aliphatic rings. The predicted octanol–water partition coefficient (Wildman–Crippen LogP) is 1.88. The van der Waals surface area contributed by atoms with Crippen LogP contribution in [0.2, 0.25) is 0 Å². The normalized spacial score (nSPS) is 10.8. The first-order valence-corrected chi connectivity index (χ1v) is 6.61. The van der Waals surface area contributed by atoms with Gasteiger partial charge in [0.25, 0.3) is 0 Å². The number of nitrogens with zero attached hydrogens (tertiary/aromatic N) is 2. The van der Waals surface area contributed by atoms with Crippen molar-refractivity contribution in [3.63, 3.8) is 0 Å². The van der Waals surface area contributed by atoms with E-state index in [0.717, 1.165) is 29.8 Å². The number of aromatic amines is 1. The molecule has 0 radical (unpaired) electrons. The third kappa shape index (κ3) is 4.35. The van der Waals surface area contributed by atoms with Gasteiger partial charge in [-0.25, -0.2) is 4.98 Å². The molecule has 0 saturated heterocycles. The van der Waals surface area contributed by atoms with Crippen LogP contribution >= 0.6 is 0 Å². The molecule has 1 aromatic carbocycles. The number of hydrogen-bond donors (Lipinski definition) is 2. The van der Waals surface area contributed by atoms with Crippen LogP contribution in [0.1, 0.15) is 23.4 Å². The maximum atomic E-state index is 11.7. The molecule has 2 N–H and O–H groups in total. The lowest BCUT2D eigenvalue weighted by Gasteiger charge is -2.01. The van der Waals surface area contributed by atoms with Crippen molar-refractivity contribution in [1.82, 2.24) is 20.5 Å². The van der Waals surface area contributed by atoms with Crippen molar-refractivity contribution in [3.8, 4) is 0 Å². The molecule has 0 spiro atoms. The summed E-state index contributed by atoms with van der Waals surface area (Å²) < 4.78 is 0. The average Bonchev–Trinajstić information content (AvgIpc) is 2.96. The molecular formula is C15H18N4O. The fourth-order valence-corrected chi connectivity index (χ4v) is 1.82. The molecule has 5 heteroatoms. The number of nitrogens with one attached hydrogen (secondary N) is 2. The summed E-state index contributed by atoms with van der Waals surface area (Å²) in [5.74, 6) is 0.764. The second-order valence-electron chi connectivity index (χ2n) is 4.52.